The van der Waals surface area contributed by atoms with Gasteiger partial charge in [0.25, 0.3) is 0 Å². The SMILES string of the molecule is CC(C)[C@H](NC(=O)[C@H](CC(N)=O)NC(=O)[C@H](CC(=O)OC1CCCCC1)NC(=O)[C@@H](N)CCCCNC(=O)OCc1ccccc1Cl)C(=O)N[C@@H](C)C(=O)N1CCC[C@H]1C(=O)O. The van der Waals surface area contributed by atoms with Crippen molar-refractivity contribution in [2.75, 3.05) is 13.1 Å². The summed E-state index contributed by atoms with van der Waals surface area (Å²) >= 11 is 6.09. The minimum Gasteiger partial charge on any atom is -0.480 e. The van der Waals surface area contributed by atoms with Gasteiger partial charge in [-0.2, -0.15) is 0 Å². The molecule has 2 fully saturated rings. The largest absolute Gasteiger partial charge is 0.480 e. The summed E-state index contributed by atoms with van der Waals surface area (Å²) in [6, 6.07) is -1.02. The fraction of sp³-hybridized carbons (Fsp3) is 0.634. The van der Waals surface area contributed by atoms with Crippen molar-refractivity contribution in [1.29, 1.82) is 0 Å². The Morgan fingerprint density at radius 1 is 0.823 bits per heavy atom. The number of carbonyl (C=O) groups is 9. The van der Waals surface area contributed by atoms with Crippen LogP contribution in [0.1, 0.15) is 103 Å². The molecule has 344 valence electrons. The van der Waals surface area contributed by atoms with Gasteiger partial charge in [0, 0.05) is 23.7 Å². The average Bonchev–Trinajstić information content (AvgIpc) is 3.72. The van der Waals surface area contributed by atoms with E-state index < -0.39 is 108 Å². The molecule has 1 aromatic rings. The van der Waals surface area contributed by atoms with Crippen LogP contribution in [0.4, 0.5) is 4.79 Å². The summed E-state index contributed by atoms with van der Waals surface area (Å²) in [6.45, 7) is 4.96. The number of hydrogen-bond donors (Lipinski definition) is 8. The number of likely N-dealkylation sites (tertiary alicyclic amines) is 1. The van der Waals surface area contributed by atoms with Crippen molar-refractivity contribution in [3.63, 3.8) is 0 Å². The molecule has 62 heavy (non-hydrogen) atoms. The first-order valence-corrected chi connectivity index (χ1v) is 21.4. The quantitative estimate of drug-likeness (QED) is 0.0560. The number of carboxylic acid groups (broad SMARTS) is 1. The smallest absolute Gasteiger partial charge is 0.407 e. The van der Waals surface area contributed by atoms with Crippen LogP contribution in [0.3, 0.4) is 0 Å². The Morgan fingerprint density at radius 2 is 1.47 bits per heavy atom. The summed E-state index contributed by atoms with van der Waals surface area (Å²) in [6.07, 6.45) is 3.19. The number of nitrogens with zero attached hydrogens (tertiary/aromatic N) is 1. The minimum atomic E-state index is -1.68. The van der Waals surface area contributed by atoms with E-state index in [0.29, 0.717) is 42.7 Å². The van der Waals surface area contributed by atoms with E-state index in [2.05, 4.69) is 26.6 Å². The van der Waals surface area contributed by atoms with Gasteiger partial charge in [-0.3, -0.25) is 33.6 Å². The number of rotatable bonds is 23. The maximum absolute atomic E-state index is 13.8. The van der Waals surface area contributed by atoms with Crippen molar-refractivity contribution in [2.45, 2.75) is 147 Å². The van der Waals surface area contributed by atoms with E-state index in [1.165, 1.54) is 11.8 Å². The molecule has 1 aliphatic carbocycles. The molecule has 1 heterocycles. The Hall–Kier alpha value is -5.50. The molecule has 0 bridgehead atoms. The number of carboxylic acids is 1. The van der Waals surface area contributed by atoms with E-state index in [4.69, 9.17) is 32.5 Å². The molecule has 0 aromatic heterocycles. The maximum atomic E-state index is 13.8. The number of esters is 1. The number of nitrogens with one attached hydrogen (secondary N) is 5. The van der Waals surface area contributed by atoms with Crippen molar-refractivity contribution in [2.24, 2.45) is 17.4 Å². The van der Waals surface area contributed by atoms with Gasteiger partial charge in [0.15, 0.2) is 0 Å². The van der Waals surface area contributed by atoms with Gasteiger partial charge in [-0.1, -0.05) is 50.1 Å². The van der Waals surface area contributed by atoms with Gasteiger partial charge in [-0.25, -0.2) is 9.59 Å². The average molecular weight is 893 g/mol. The van der Waals surface area contributed by atoms with E-state index in [1.807, 2.05) is 0 Å². The first kappa shape index (κ1) is 50.9. The molecule has 3 rings (SSSR count). The third-order valence-electron chi connectivity index (χ3n) is 10.6. The Kier molecular flexibility index (Phi) is 20.9. The molecular formula is C41H61ClN8O12. The van der Waals surface area contributed by atoms with Gasteiger partial charge in [-0.15, -0.1) is 0 Å². The number of ether oxygens (including phenoxy) is 2. The molecule has 1 aromatic carbocycles. The van der Waals surface area contributed by atoms with Crippen LogP contribution in [0, 0.1) is 5.92 Å². The molecule has 0 unspecified atom stereocenters. The fourth-order valence-electron chi connectivity index (χ4n) is 7.06. The summed E-state index contributed by atoms with van der Waals surface area (Å²) in [7, 11) is 0. The van der Waals surface area contributed by atoms with E-state index in [1.54, 1.807) is 38.1 Å². The number of halogens is 1. The number of carbonyl (C=O) groups excluding carboxylic acids is 8. The summed E-state index contributed by atoms with van der Waals surface area (Å²) in [4.78, 5) is 117. The van der Waals surface area contributed by atoms with E-state index >= 15 is 0 Å². The number of hydrogen-bond acceptors (Lipinski definition) is 12. The van der Waals surface area contributed by atoms with Gasteiger partial charge in [-0.05, 0) is 76.7 Å². The number of primary amides is 1. The first-order valence-electron chi connectivity index (χ1n) is 21.0. The number of benzene rings is 1. The van der Waals surface area contributed by atoms with Crippen molar-refractivity contribution in [3.8, 4) is 0 Å². The number of unbranched alkanes of at least 4 members (excludes halogenated alkanes) is 1. The first-order chi connectivity index (χ1) is 29.4. The lowest BCUT2D eigenvalue weighted by Crippen LogP contribution is -2.60. The topological polar surface area (TPSA) is 308 Å². The zero-order valence-electron chi connectivity index (χ0n) is 35.5. The monoisotopic (exact) mass is 892 g/mol. The van der Waals surface area contributed by atoms with Gasteiger partial charge < -0.3 is 57.5 Å². The number of nitrogens with two attached hydrogens (primary N) is 2. The highest BCUT2D eigenvalue weighted by Gasteiger charge is 2.38. The van der Waals surface area contributed by atoms with Crippen LogP contribution in [0.15, 0.2) is 24.3 Å². The molecule has 10 N–H and O–H groups in total. The number of amides is 7. The summed E-state index contributed by atoms with van der Waals surface area (Å²) in [5.74, 6) is -7.82. The molecule has 1 aliphatic heterocycles. The molecule has 1 saturated carbocycles. The van der Waals surface area contributed by atoms with E-state index in [0.717, 1.165) is 19.3 Å². The molecule has 0 radical (unpaired) electrons. The van der Waals surface area contributed by atoms with Crippen molar-refractivity contribution < 1.29 is 57.7 Å². The lowest BCUT2D eigenvalue weighted by Gasteiger charge is -2.29. The molecule has 2 aliphatic rings. The highest BCUT2D eigenvalue weighted by Crippen LogP contribution is 2.22. The van der Waals surface area contributed by atoms with Gasteiger partial charge in [0.05, 0.1) is 18.9 Å². The van der Waals surface area contributed by atoms with Gasteiger partial charge >= 0.3 is 18.0 Å². The van der Waals surface area contributed by atoms with Crippen LogP contribution in [0.25, 0.3) is 0 Å². The van der Waals surface area contributed by atoms with Crippen molar-refractivity contribution in [3.05, 3.63) is 34.9 Å². The normalized spacial score (nSPS) is 17.6. The zero-order valence-corrected chi connectivity index (χ0v) is 36.2. The van der Waals surface area contributed by atoms with Gasteiger partial charge in [0.2, 0.25) is 35.4 Å². The summed E-state index contributed by atoms with van der Waals surface area (Å²) in [5.41, 5.74) is 12.2. The van der Waals surface area contributed by atoms with Crippen LogP contribution >= 0.6 is 11.6 Å². The number of alkyl carbamates (subject to hydrolysis) is 1. The van der Waals surface area contributed by atoms with E-state index in [-0.39, 0.29) is 38.6 Å². The van der Waals surface area contributed by atoms with Crippen LogP contribution in [-0.4, -0.2) is 119 Å². The van der Waals surface area contributed by atoms with E-state index in [9.17, 15) is 48.3 Å². The van der Waals surface area contributed by atoms with Crippen LogP contribution in [0.2, 0.25) is 5.02 Å². The molecule has 21 heteroatoms. The third kappa shape index (κ3) is 16.8. The Balaban J connectivity index is 1.64. The highest BCUT2D eigenvalue weighted by molar-refractivity contribution is 6.31. The van der Waals surface area contributed by atoms with Crippen LogP contribution < -0.4 is 38.1 Å². The highest BCUT2D eigenvalue weighted by atomic mass is 35.5. The Bertz CT molecular complexity index is 1760. The van der Waals surface area contributed by atoms with Crippen LogP contribution in [0.5, 0.6) is 0 Å². The minimum absolute atomic E-state index is 0.0241. The lowest BCUT2D eigenvalue weighted by molar-refractivity contribution is -0.152. The Morgan fingerprint density at radius 3 is 2.11 bits per heavy atom. The summed E-state index contributed by atoms with van der Waals surface area (Å²) < 4.78 is 10.8. The predicted molar refractivity (Wildman–Crippen MR) is 223 cm³/mol. The summed E-state index contributed by atoms with van der Waals surface area (Å²) in [5, 5.41) is 22.4. The van der Waals surface area contributed by atoms with Crippen molar-refractivity contribution >= 4 is 65.1 Å². The zero-order chi connectivity index (χ0) is 45.9. The molecule has 6 atom stereocenters. The fourth-order valence-corrected chi connectivity index (χ4v) is 7.26. The second-order valence-corrected chi connectivity index (χ2v) is 16.3. The predicted octanol–water partition coefficient (Wildman–Crippen LogP) is 0.896. The molecule has 7 amide bonds. The molecule has 1 saturated heterocycles. The number of aliphatic carboxylic acids is 1. The van der Waals surface area contributed by atoms with Crippen molar-refractivity contribution in [1.82, 2.24) is 31.5 Å². The van der Waals surface area contributed by atoms with Crippen LogP contribution in [-0.2, 0) is 54.4 Å². The van der Waals surface area contributed by atoms with Gasteiger partial charge in [0.1, 0.15) is 42.9 Å². The third-order valence-corrected chi connectivity index (χ3v) is 10.9. The molecule has 20 nitrogen and oxygen atoms in total. The second-order valence-electron chi connectivity index (χ2n) is 15.9. The standard InChI is InChI=1S/C41H61ClN8O12/c1-23(2)34(38(56)46-24(3)39(57)50-19-11-17-31(50)40(58)59)49-37(55)29(20-32(44)51)48-36(54)30(21-33(52)62-26-13-5-4-6-14-26)47-35(53)28(43)16-9-10-18-45-41(60)61-22-25-12-7-8-15-27(25)42/h7-8,12,15,23-24,26,28-31,34H,4-6,9-11,13-14,16-22,43H2,1-3H3,(H2,44,51)(H,45,60)(H,46,56)(H,47,53)(H,48,54)(H,49,55)(H,58,59)/t24-,28-,29-,30-,31-,34-/m0/s1. The maximum Gasteiger partial charge on any atom is 0.407 e. The Labute approximate surface area is 365 Å². The second kappa shape index (κ2) is 25.4. The molecular weight excluding hydrogens is 832 g/mol. The molecule has 0 spiro atoms. The lowest BCUT2D eigenvalue weighted by atomic mass is 9.98.